The van der Waals surface area contributed by atoms with E-state index < -0.39 is 0 Å². The van der Waals surface area contributed by atoms with Crippen molar-refractivity contribution in [3.05, 3.63) is 71.5 Å². The standard InChI is InChI=1S/C18H23FN2/c1-14(16-10-7-11-17(19)12-16)20-13-18(21(2)3)15-8-5-4-6-9-15/h4-12,14,18,20H,13H2,1-3H3. The first-order valence-corrected chi connectivity index (χ1v) is 7.28. The number of nitrogens with one attached hydrogen (secondary N) is 1. The van der Waals surface area contributed by atoms with Gasteiger partial charge in [-0.05, 0) is 44.3 Å². The van der Waals surface area contributed by atoms with Crippen molar-refractivity contribution < 1.29 is 4.39 Å². The first-order valence-electron chi connectivity index (χ1n) is 7.28. The molecular weight excluding hydrogens is 263 g/mol. The molecule has 2 atom stereocenters. The van der Waals surface area contributed by atoms with Crippen LogP contribution in [0, 0.1) is 5.82 Å². The third-order valence-electron chi connectivity index (χ3n) is 3.77. The second-order valence-electron chi connectivity index (χ2n) is 5.58. The molecule has 3 heteroatoms. The van der Waals surface area contributed by atoms with Crippen LogP contribution in [0.3, 0.4) is 0 Å². The fraction of sp³-hybridized carbons (Fsp3) is 0.333. The van der Waals surface area contributed by atoms with Gasteiger partial charge in [0.25, 0.3) is 0 Å². The molecule has 2 aromatic carbocycles. The second kappa shape index (κ2) is 7.34. The quantitative estimate of drug-likeness (QED) is 0.869. The second-order valence-corrected chi connectivity index (χ2v) is 5.58. The first kappa shape index (κ1) is 15.7. The van der Waals surface area contributed by atoms with E-state index in [0.29, 0.717) is 6.04 Å². The van der Waals surface area contributed by atoms with Gasteiger partial charge >= 0.3 is 0 Å². The Balaban J connectivity index is 2.02. The van der Waals surface area contributed by atoms with Gasteiger partial charge in [0, 0.05) is 18.6 Å². The van der Waals surface area contributed by atoms with E-state index in [-0.39, 0.29) is 11.9 Å². The Morgan fingerprint density at radius 3 is 2.29 bits per heavy atom. The number of halogens is 1. The Kier molecular flexibility index (Phi) is 5.48. The number of hydrogen-bond acceptors (Lipinski definition) is 2. The number of rotatable bonds is 6. The predicted octanol–water partition coefficient (Wildman–Crippen LogP) is 3.78. The fourth-order valence-electron chi connectivity index (χ4n) is 2.46. The number of benzene rings is 2. The van der Waals surface area contributed by atoms with Crippen molar-refractivity contribution in [1.29, 1.82) is 0 Å². The van der Waals surface area contributed by atoms with Gasteiger partial charge in [0.2, 0.25) is 0 Å². The first-order chi connectivity index (χ1) is 10.1. The van der Waals surface area contributed by atoms with Gasteiger partial charge in [-0.25, -0.2) is 4.39 Å². The Hall–Kier alpha value is -1.71. The van der Waals surface area contributed by atoms with Gasteiger partial charge in [-0.15, -0.1) is 0 Å². The molecule has 0 aliphatic rings. The average Bonchev–Trinajstić information content (AvgIpc) is 2.48. The average molecular weight is 286 g/mol. The van der Waals surface area contributed by atoms with Crippen LogP contribution >= 0.6 is 0 Å². The molecule has 0 saturated heterocycles. The van der Waals surface area contributed by atoms with Crippen molar-refractivity contribution in [3.8, 4) is 0 Å². The van der Waals surface area contributed by atoms with Gasteiger partial charge < -0.3 is 10.2 Å². The topological polar surface area (TPSA) is 15.3 Å². The van der Waals surface area contributed by atoms with Crippen LogP contribution in [0.25, 0.3) is 0 Å². The lowest BCUT2D eigenvalue weighted by molar-refractivity contribution is 0.281. The minimum Gasteiger partial charge on any atom is -0.308 e. The molecule has 0 fully saturated rings. The maximum Gasteiger partial charge on any atom is 0.123 e. The van der Waals surface area contributed by atoms with Crippen molar-refractivity contribution in [1.82, 2.24) is 10.2 Å². The Bertz CT molecular complexity index is 554. The highest BCUT2D eigenvalue weighted by molar-refractivity contribution is 5.21. The monoisotopic (exact) mass is 286 g/mol. The molecule has 0 aliphatic carbocycles. The van der Waals surface area contributed by atoms with Crippen LogP contribution < -0.4 is 5.32 Å². The molecule has 0 aromatic heterocycles. The third kappa shape index (κ3) is 4.38. The van der Waals surface area contributed by atoms with E-state index in [1.807, 2.05) is 12.1 Å². The summed E-state index contributed by atoms with van der Waals surface area (Å²) >= 11 is 0. The third-order valence-corrected chi connectivity index (χ3v) is 3.77. The molecule has 112 valence electrons. The van der Waals surface area contributed by atoms with E-state index in [4.69, 9.17) is 0 Å². The summed E-state index contributed by atoms with van der Waals surface area (Å²) in [5, 5.41) is 3.50. The summed E-state index contributed by atoms with van der Waals surface area (Å²) in [4.78, 5) is 2.20. The molecule has 2 rings (SSSR count). The highest BCUT2D eigenvalue weighted by atomic mass is 19.1. The largest absolute Gasteiger partial charge is 0.308 e. The maximum absolute atomic E-state index is 13.3. The summed E-state index contributed by atoms with van der Waals surface area (Å²) in [6, 6.07) is 17.6. The van der Waals surface area contributed by atoms with Crippen LogP contribution in [-0.2, 0) is 0 Å². The van der Waals surface area contributed by atoms with Crippen molar-refractivity contribution >= 4 is 0 Å². The van der Waals surface area contributed by atoms with Gasteiger partial charge in [0.1, 0.15) is 5.82 Å². The van der Waals surface area contributed by atoms with Crippen molar-refractivity contribution in [2.24, 2.45) is 0 Å². The predicted molar refractivity (Wildman–Crippen MR) is 85.7 cm³/mol. The molecule has 0 amide bonds. The Labute approximate surface area is 126 Å². The van der Waals surface area contributed by atoms with E-state index in [9.17, 15) is 4.39 Å². The summed E-state index contributed by atoms with van der Waals surface area (Å²) in [5.74, 6) is -0.187. The zero-order valence-electron chi connectivity index (χ0n) is 12.9. The van der Waals surface area contributed by atoms with E-state index in [2.05, 4.69) is 55.5 Å². The zero-order valence-corrected chi connectivity index (χ0v) is 12.9. The molecule has 0 aliphatic heterocycles. The normalized spacial score (nSPS) is 14.1. The number of hydrogen-bond donors (Lipinski definition) is 1. The molecule has 0 bridgehead atoms. The number of nitrogens with zero attached hydrogens (tertiary/aromatic N) is 1. The molecule has 2 nitrogen and oxygen atoms in total. The smallest absolute Gasteiger partial charge is 0.123 e. The Morgan fingerprint density at radius 1 is 1.00 bits per heavy atom. The molecule has 0 saturated carbocycles. The fourth-order valence-corrected chi connectivity index (χ4v) is 2.46. The summed E-state index contributed by atoms with van der Waals surface area (Å²) in [6.07, 6.45) is 0. The molecule has 1 N–H and O–H groups in total. The molecule has 0 radical (unpaired) electrons. The van der Waals surface area contributed by atoms with Crippen LogP contribution in [0.1, 0.15) is 30.1 Å². The SMILES string of the molecule is CC(NCC(c1ccccc1)N(C)C)c1cccc(F)c1. The lowest BCUT2D eigenvalue weighted by atomic mass is 10.0. The van der Waals surface area contributed by atoms with Crippen molar-refractivity contribution in [2.75, 3.05) is 20.6 Å². The molecule has 0 spiro atoms. The highest BCUT2D eigenvalue weighted by Gasteiger charge is 2.15. The summed E-state index contributed by atoms with van der Waals surface area (Å²) in [6.45, 7) is 2.88. The summed E-state index contributed by atoms with van der Waals surface area (Å²) in [5.41, 5.74) is 2.25. The Morgan fingerprint density at radius 2 is 1.67 bits per heavy atom. The minimum atomic E-state index is -0.187. The van der Waals surface area contributed by atoms with Crippen LogP contribution in [-0.4, -0.2) is 25.5 Å². The van der Waals surface area contributed by atoms with Crippen LogP contribution in [0.5, 0.6) is 0 Å². The summed E-state index contributed by atoms with van der Waals surface area (Å²) in [7, 11) is 4.15. The van der Waals surface area contributed by atoms with E-state index in [1.165, 1.54) is 11.6 Å². The van der Waals surface area contributed by atoms with Crippen LogP contribution in [0.15, 0.2) is 54.6 Å². The van der Waals surface area contributed by atoms with E-state index >= 15 is 0 Å². The van der Waals surface area contributed by atoms with E-state index in [0.717, 1.165) is 12.1 Å². The van der Waals surface area contributed by atoms with Crippen molar-refractivity contribution in [3.63, 3.8) is 0 Å². The zero-order chi connectivity index (χ0) is 15.2. The van der Waals surface area contributed by atoms with Crippen LogP contribution in [0.2, 0.25) is 0 Å². The molecule has 21 heavy (non-hydrogen) atoms. The van der Waals surface area contributed by atoms with Crippen LogP contribution in [0.4, 0.5) is 4.39 Å². The lowest BCUT2D eigenvalue weighted by Crippen LogP contribution is -2.32. The highest BCUT2D eigenvalue weighted by Crippen LogP contribution is 2.19. The van der Waals surface area contributed by atoms with Gasteiger partial charge in [-0.1, -0.05) is 42.5 Å². The lowest BCUT2D eigenvalue weighted by Gasteiger charge is -2.27. The molecule has 2 unspecified atom stereocenters. The van der Waals surface area contributed by atoms with E-state index in [1.54, 1.807) is 12.1 Å². The summed E-state index contributed by atoms with van der Waals surface area (Å²) < 4.78 is 13.3. The van der Waals surface area contributed by atoms with Gasteiger partial charge in [0.05, 0.1) is 0 Å². The van der Waals surface area contributed by atoms with Crippen molar-refractivity contribution in [2.45, 2.75) is 19.0 Å². The van der Waals surface area contributed by atoms with Gasteiger partial charge in [-0.3, -0.25) is 0 Å². The van der Waals surface area contributed by atoms with Gasteiger partial charge in [0.15, 0.2) is 0 Å². The van der Waals surface area contributed by atoms with Gasteiger partial charge in [-0.2, -0.15) is 0 Å². The number of likely N-dealkylation sites (N-methyl/N-ethyl adjacent to an activating group) is 1. The molecule has 2 aromatic rings. The molecular formula is C18H23FN2. The molecule has 0 heterocycles. The minimum absolute atomic E-state index is 0.117. The maximum atomic E-state index is 13.3.